The lowest BCUT2D eigenvalue weighted by molar-refractivity contribution is 0.203. The number of aryl methyl sites for hydroxylation is 1. The summed E-state index contributed by atoms with van der Waals surface area (Å²) in [5.41, 5.74) is 1.10. The van der Waals surface area contributed by atoms with Gasteiger partial charge in [0.25, 0.3) is 5.56 Å². The summed E-state index contributed by atoms with van der Waals surface area (Å²) in [4.78, 5) is 17.6. The Bertz CT molecular complexity index is 1180. The largest absolute Gasteiger partial charge is 0.490 e. The van der Waals surface area contributed by atoms with Crippen LogP contribution in [0.3, 0.4) is 0 Å². The number of halogens is 2. The highest BCUT2D eigenvalue weighted by molar-refractivity contribution is 9.10. The number of rotatable bonds is 8. The molecular formula is C23H25BrClN3O3. The van der Waals surface area contributed by atoms with E-state index in [1.54, 1.807) is 24.4 Å². The number of nitrogens with zero attached hydrogens (tertiary/aromatic N) is 3. The van der Waals surface area contributed by atoms with Crippen molar-refractivity contribution in [3.05, 3.63) is 61.6 Å². The molecule has 0 amide bonds. The van der Waals surface area contributed by atoms with E-state index in [9.17, 15) is 4.79 Å². The van der Waals surface area contributed by atoms with Crippen LogP contribution in [0, 0.1) is 0 Å². The van der Waals surface area contributed by atoms with Gasteiger partial charge in [0.05, 0.1) is 34.9 Å². The first-order valence-electron chi connectivity index (χ1n) is 10.3. The van der Waals surface area contributed by atoms with Crippen LogP contribution in [0.15, 0.2) is 44.7 Å². The molecule has 6 nitrogen and oxygen atoms in total. The molecule has 164 valence electrons. The van der Waals surface area contributed by atoms with Gasteiger partial charge in [-0.2, -0.15) is 9.78 Å². The van der Waals surface area contributed by atoms with Gasteiger partial charge in [0.2, 0.25) is 0 Å². The zero-order valence-electron chi connectivity index (χ0n) is 18.0. The Hall–Kier alpha value is -2.38. The first-order valence-corrected chi connectivity index (χ1v) is 11.4. The molecule has 0 saturated heterocycles. The summed E-state index contributed by atoms with van der Waals surface area (Å²) in [6.07, 6.45) is 2.99. The molecule has 2 aromatic carbocycles. The van der Waals surface area contributed by atoms with Crippen LogP contribution in [0.25, 0.3) is 10.9 Å². The SMILES string of the molecule is CCOc1cc(C=Nn2c(CC)nc3ccc(Br)cc3c2=O)cc(Cl)c1O[C@H](C)CC. The summed E-state index contributed by atoms with van der Waals surface area (Å²) >= 11 is 9.89. The van der Waals surface area contributed by atoms with Crippen molar-refractivity contribution in [2.24, 2.45) is 5.10 Å². The molecular weight excluding hydrogens is 482 g/mol. The van der Waals surface area contributed by atoms with Gasteiger partial charge in [0.1, 0.15) is 5.82 Å². The highest BCUT2D eigenvalue weighted by atomic mass is 79.9. The van der Waals surface area contributed by atoms with Crippen molar-refractivity contribution in [1.82, 2.24) is 9.66 Å². The molecule has 0 aliphatic rings. The molecule has 0 spiro atoms. The van der Waals surface area contributed by atoms with E-state index < -0.39 is 0 Å². The van der Waals surface area contributed by atoms with Crippen molar-refractivity contribution >= 4 is 44.6 Å². The fourth-order valence-corrected chi connectivity index (χ4v) is 3.62. The van der Waals surface area contributed by atoms with Crippen LogP contribution in [0.4, 0.5) is 0 Å². The Kier molecular flexibility index (Phi) is 7.73. The molecule has 1 aromatic heterocycles. The third-order valence-electron chi connectivity index (χ3n) is 4.74. The first kappa shape index (κ1) is 23.3. The molecule has 0 saturated carbocycles. The summed E-state index contributed by atoms with van der Waals surface area (Å²) in [7, 11) is 0. The van der Waals surface area contributed by atoms with E-state index in [0.29, 0.717) is 51.8 Å². The fourth-order valence-electron chi connectivity index (χ4n) is 2.99. The Morgan fingerprint density at radius 3 is 2.71 bits per heavy atom. The van der Waals surface area contributed by atoms with E-state index in [1.807, 2.05) is 39.8 Å². The Balaban J connectivity index is 2.06. The van der Waals surface area contributed by atoms with Gasteiger partial charge in [0.15, 0.2) is 11.5 Å². The van der Waals surface area contributed by atoms with Gasteiger partial charge in [0, 0.05) is 10.9 Å². The van der Waals surface area contributed by atoms with Gasteiger partial charge in [-0.15, -0.1) is 0 Å². The van der Waals surface area contributed by atoms with Gasteiger partial charge < -0.3 is 9.47 Å². The van der Waals surface area contributed by atoms with Crippen LogP contribution in [0.5, 0.6) is 11.5 Å². The number of benzene rings is 2. The number of hydrogen-bond acceptors (Lipinski definition) is 5. The number of hydrogen-bond donors (Lipinski definition) is 0. The summed E-state index contributed by atoms with van der Waals surface area (Å²) in [5.74, 6) is 1.63. The average Bonchev–Trinajstić information content (AvgIpc) is 2.75. The molecule has 0 N–H and O–H groups in total. The molecule has 0 bridgehead atoms. The second-order valence-electron chi connectivity index (χ2n) is 7.00. The van der Waals surface area contributed by atoms with Crippen molar-refractivity contribution < 1.29 is 9.47 Å². The number of fused-ring (bicyclic) bond motifs is 1. The third-order valence-corrected chi connectivity index (χ3v) is 5.51. The fraction of sp³-hybridized carbons (Fsp3) is 0.348. The van der Waals surface area contributed by atoms with Gasteiger partial charge in [-0.1, -0.05) is 41.4 Å². The van der Waals surface area contributed by atoms with Gasteiger partial charge in [-0.05, 0) is 56.2 Å². The highest BCUT2D eigenvalue weighted by Gasteiger charge is 2.15. The van der Waals surface area contributed by atoms with Crippen LogP contribution in [0.2, 0.25) is 5.02 Å². The lowest BCUT2D eigenvalue weighted by Gasteiger charge is -2.18. The van der Waals surface area contributed by atoms with Crippen molar-refractivity contribution in [3.63, 3.8) is 0 Å². The van der Waals surface area contributed by atoms with E-state index >= 15 is 0 Å². The van der Waals surface area contributed by atoms with Gasteiger partial charge in [-0.25, -0.2) is 4.98 Å². The van der Waals surface area contributed by atoms with Crippen molar-refractivity contribution in [1.29, 1.82) is 0 Å². The molecule has 0 radical (unpaired) electrons. The standard InChI is InChI=1S/C23H25BrClN3O3/c1-5-14(4)31-22-18(25)10-15(11-20(22)30-7-3)13-26-28-21(6-2)27-19-9-8-16(24)12-17(19)23(28)29/h8-14H,5-7H2,1-4H3/t14-/m1/s1. The zero-order valence-corrected chi connectivity index (χ0v) is 20.3. The minimum atomic E-state index is -0.229. The predicted molar refractivity (Wildman–Crippen MR) is 129 cm³/mol. The molecule has 0 aliphatic heterocycles. The van der Waals surface area contributed by atoms with Crippen LogP contribution in [0.1, 0.15) is 45.5 Å². The molecule has 0 fully saturated rings. The normalized spacial score (nSPS) is 12.5. The lowest BCUT2D eigenvalue weighted by Crippen LogP contribution is -2.22. The number of aromatic nitrogens is 2. The summed E-state index contributed by atoms with van der Waals surface area (Å²) in [6.45, 7) is 8.32. The monoisotopic (exact) mass is 505 g/mol. The van der Waals surface area contributed by atoms with Gasteiger partial charge in [-0.3, -0.25) is 4.79 Å². The quantitative estimate of drug-likeness (QED) is 0.360. The minimum absolute atomic E-state index is 0.00455. The van der Waals surface area contributed by atoms with Crippen LogP contribution in [-0.2, 0) is 6.42 Å². The van der Waals surface area contributed by atoms with E-state index in [-0.39, 0.29) is 11.7 Å². The number of ether oxygens (including phenoxy) is 2. The van der Waals surface area contributed by atoms with Crippen LogP contribution >= 0.6 is 27.5 Å². The zero-order chi connectivity index (χ0) is 22.5. The summed E-state index contributed by atoms with van der Waals surface area (Å²) < 4.78 is 13.8. The molecule has 3 rings (SSSR count). The second kappa shape index (κ2) is 10.3. The Morgan fingerprint density at radius 2 is 2.03 bits per heavy atom. The van der Waals surface area contributed by atoms with Crippen LogP contribution in [-0.4, -0.2) is 28.6 Å². The molecule has 0 unspecified atom stereocenters. The first-order chi connectivity index (χ1) is 14.9. The molecule has 3 aromatic rings. The maximum Gasteiger partial charge on any atom is 0.282 e. The second-order valence-corrected chi connectivity index (χ2v) is 8.33. The van der Waals surface area contributed by atoms with E-state index in [2.05, 4.69) is 26.0 Å². The van der Waals surface area contributed by atoms with Crippen LogP contribution < -0.4 is 15.0 Å². The van der Waals surface area contributed by atoms with Gasteiger partial charge >= 0.3 is 0 Å². The maximum absolute atomic E-state index is 13.0. The van der Waals surface area contributed by atoms with Crippen molar-refractivity contribution in [3.8, 4) is 11.5 Å². The maximum atomic E-state index is 13.0. The predicted octanol–water partition coefficient (Wildman–Crippen LogP) is 5.83. The van der Waals surface area contributed by atoms with E-state index in [4.69, 9.17) is 21.1 Å². The minimum Gasteiger partial charge on any atom is -0.490 e. The summed E-state index contributed by atoms with van der Waals surface area (Å²) in [5, 5.41) is 5.34. The molecule has 8 heteroatoms. The molecule has 31 heavy (non-hydrogen) atoms. The highest BCUT2D eigenvalue weighted by Crippen LogP contribution is 2.37. The van der Waals surface area contributed by atoms with Crippen molar-refractivity contribution in [2.75, 3.05) is 6.61 Å². The average molecular weight is 507 g/mol. The van der Waals surface area contributed by atoms with E-state index in [1.165, 1.54) is 4.68 Å². The molecule has 1 atom stereocenters. The smallest absolute Gasteiger partial charge is 0.282 e. The Labute approximate surface area is 195 Å². The third kappa shape index (κ3) is 5.28. The molecule has 0 aliphatic carbocycles. The molecule has 1 heterocycles. The topological polar surface area (TPSA) is 65.7 Å². The summed E-state index contributed by atoms with van der Waals surface area (Å²) in [6, 6.07) is 8.98. The van der Waals surface area contributed by atoms with Crippen molar-refractivity contribution in [2.45, 2.75) is 46.6 Å². The lowest BCUT2D eigenvalue weighted by atomic mass is 10.2. The Morgan fingerprint density at radius 1 is 1.26 bits per heavy atom. The van der Waals surface area contributed by atoms with E-state index in [0.717, 1.165) is 10.9 Å².